The predicted molar refractivity (Wildman–Crippen MR) is 79.2 cm³/mol. The van der Waals surface area contributed by atoms with Gasteiger partial charge in [-0.15, -0.1) is 0 Å². The third-order valence-corrected chi connectivity index (χ3v) is 3.21. The summed E-state index contributed by atoms with van der Waals surface area (Å²) in [6, 6.07) is 2.60. The van der Waals surface area contributed by atoms with Gasteiger partial charge in [-0.1, -0.05) is 0 Å². The third-order valence-electron chi connectivity index (χ3n) is 3.21. The van der Waals surface area contributed by atoms with E-state index in [9.17, 15) is 0 Å². The van der Waals surface area contributed by atoms with Gasteiger partial charge in [0.2, 0.25) is 0 Å². The van der Waals surface area contributed by atoms with Gasteiger partial charge in [-0.25, -0.2) is 9.97 Å². The van der Waals surface area contributed by atoms with Gasteiger partial charge in [-0.3, -0.25) is 0 Å². The van der Waals surface area contributed by atoms with Gasteiger partial charge in [-0.2, -0.15) is 0 Å². The highest BCUT2D eigenvalue weighted by Crippen LogP contribution is 2.31. The van der Waals surface area contributed by atoms with Crippen LogP contribution in [-0.4, -0.2) is 49.9 Å². The summed E-state index contributed by atoms with van der Waals surface area (Å²) < 4.78 is 10.4. The Morgan fingerprint density at radius 2 is 2.10 bits per heavy atom. The zero-order valence-corrected chi connectivity index (χ0v) is 12.6. The lowest BCUT2D eigenvalue weighted by atomic mass is 10.4. The molecule has 0 spiro atoms. The molecule has 0 atom stereocenters. The molecule has 0 aromatic carbocycles. The van der Waals surface area contributed by atoms with Crippen molar-refractivity contribution in [2.45, 2.75) is 32.4 Å². The minimum absolute atomic E-state index is 0.426. The summed E-state index contributed by atoms with van der Waals surface area (Å²) in [4.78, 5) is 11.4. The molecule has 0 radical (unpaired) electrons. The number of hydrogen-bond acceptors (Lipinski definition) is 6. The van der Waals surface area contributed by atoms with Crippen LogP contribution in [0.1, 0.15) is 25.6 Å². The van der Waals surface area contributed by atoms with E-state index in [0.29, 0.717) is 25.1 Å². The van der Waals surface area contributed by atoms with Gasteiger partial charge < -0.3 is 19.7 Å². The number of aromatic nitrogens is 2. The van der Waals surface area contributed by atoms with E-state index < -0.39 is 0 Å². The summed E-state index contributed by atoms with van der Waals surface area (Å²) in [6.07, 6.45) is 2.45. The van der Waals surface area contributed by atoms with Crippen molar-refractivity contribution < 1.29 is 9.47 Å². The number of methoxy groups -OCH3 is 2. The highest BCUT2D eigenvalue weighted by atomic mass is 16.5. The molecule has 0 aliphatic heterocycles. The summed E-state index contributed by atoms with van der Waals surface area (Å²) >= 11 is 0. The molecular formula is C14H24N4O2. The van der Waals surface area contributed by atoms with E-state index in [2.05, 4.69) is 27.1 Å². The Bertz CT molecular complexity index is 399. The van der Waals surface area contributed by atoms with Crippen LogP contribution >= 0.6 is 0 Å². The molecule has 1 saturated carbocycles. The summed E-state index contributed by atoms with van der Waals surface area (Å²) in [6.45, 7) is 4.88. The van der Waals surface area contributed by atoms with Crippen molar-refractivity contribution in [3.05, 3.63) is 11.9 Å². The van der Waals surface area contributed by atoms with Crippen LogP contribution in [-0.2, 0) is 16.1 Å². The van der Waals surface area contributed by atoms with Crippen molar-refractivity contribution in [3.8, 4) is 0 Å². The zero-order chi connectivity index (χ0) is 14.4. The standard InChI is InChI=1S/C14H24N4O2/c1-4-15-12-9-14(17-13(16-12)10-20-3)18(7-8-19-2)11-5-6-11/h9,11H,4-8,10H2,1-3H3,(H,15,16,17). The first kappa shape index (κ1) is 15.0. The van der Waals surface area contributed by atoms with Gasteiger partial charge in [0.1, 0.15) is 18.2 Å². The van der Waals surface area contributed by atoms with Crippen LogP contribution in [0, 0.1) is 0 Å². The van der Waals surface area contributed by atoms with Gasteiger partial charge >= 0.3 is 0 Å². The smallest absolute Gasteiger partial charge is 0.158 e. The summed E-state index contributed by atoms with van der Waals surface area (Å²) in [5, 5.41) is 3.25. The Kier molecular flexibility index (Phi) is 5.55. The van der Waals surface area contributed by atoms with Crippen LogP contribution in [0.4, 0.5) is 11.6 Å². The van der Waals surface area contributed by atoms with Crippen LogP contribution in [0.25, 0.3) is 0 Å². The van der Waals surface area contributed by atoms with Crippen molar-refractivity contribution >= 4 is 11.6 Å². The lowest BCUT2D eigenvalue weighted by Gasteiger charge is -2.24. The lowest BCUT2D eigenvalue weighted by Crippen LogP contribution is -2.30. The van der Waals surface area contributed by atoms with E-state index in [4.69, 9.17) is 9.47 Å². The topological polar surface area (TPSA) is 59.5 Å². The number of hydrogen-bond donors (Lipinski definition) is 1. The Hall–Kier alpha value is -1.40. The largest absolute Gasteiger partial charge is 0.383 e. The second kappa shape index (κ2) is 7.40. The van der Waals surface area contributed by atoms with E-state index >= 15 is 0 Å². The summed E-state index contributed by atoms with van der Waals surface area (Å²) in [5.74, 6) is 2.53. The molecule has 1 aliphatic rings. The summed E-state index contributed by atoms with van der Waals surface area (Å²) in [5.41, 5.74) is 0. The quantitative estimate of drug-likeness (QED) is 0.742. The first-order valence-corrected chi connectivity index (χ1v) is 7.14. The molecule has 6 nitrogen and oxygen atoms in total. The minimum Gasteiger partial charge on any atom is -0.383 e. The van der Waals surface area contributed by atoms with Crippen LogP contribution < -0.4 is 10.2 Å². The molecule has 112 valence electrons. The Balaban J connectivity index is 2.21. The number of anilines is 2. The van der Waals surface area contributed by atoms with Gasteiger partial charge in [0.15, 0.2) is 5.82 Å². The maximum absolute atomic E-state index is 5.20. The lowest BCUT2D eigenvalue weighted by molar-refractivity contribution is 0.178. The van der Waals surface area contributed by atoms with Crippen LogP contribution in [0.15, 0.2) is 6.07 Å². The fraction of sp³-hybridized carbons (Fsp3) is 0.714. The number of ether oxygens (including phenoxy) is 2. The second-order valence-electron chi connectivity index (χ2n) is 4.91. The van der Waals surface area contributed by atoms with Crippen molar-refractivity contribution in [1.82, 2.24) is 9.97 Å². The Labute approximate surface area is 120 Å². The van der Waals surface area contributed by atoms with Crippen molar-refractivity contribution in [2.75, 3.05) is 44.1 Å². The van der Waals surface area contributed by atoms with Crippen LogP contribution in [0.5, 0.6) is 0 Å². The summed E-state index contributed by atoms with van der Waals surface area (Å²) in [7, 11) is 3.39. The molecule has 1 fully saturated rings. The molecule has 0 unspecified atom stereocenters. The SMILES string of the molecule is CCNc1cc(N(CCOC)C2CC2)nc(COC)n1. The van der Waals surface area contributed by atoms with E-state index in [1.807, 2.05) is 6.07 Å². The number of nitrogens with zero attached hydrogens (tertiary/aromatic N) is 3. The first-order valence-electron chi connectivity index (χ1n) is 7.14. The normalized spacial score (nSPS) is 14.3. The maximum Gasteiger partial charge on any atom is 0.158 e. The molecule has 0 saturated heterocycles. The van der Waals surface area contributed by atoms with E-state index in [1.165, 1.54) is 12.8 Å². The molecule has 6 heteroatoms. The maximum atomic E-state index is 5.20. The second-order valence-corrected chi connectivity index (χ2v) is 4.91. The fourth-order valence-electron chi connectivity index (χ4n) is 2.16. The van der Waals surface area contributed by atoms with Gasteiger partial charge in [0, 0.05) is 39.4 Å². The zero-order valence-electron chi connectivity index (χ0n) is 12.6. The predicted octanol–water partition coefficient (Wildman–Crippen LogP) is 1.67. The highest BCUT2D eigenvalue weighted by Gasteiger charge is 2.30. The van der Waals surface area contributed by atoms with Crippen LogP contribution in [0.2, 0.25) is 0 Å². The average Bonchev–Trinajstić information content (AvgIpc) is 3.24. The van der Waals surface area contributed by atoms with Crippen molar-refractivity contribution in [3.63, 3.8) is 0 Å². The molecule has 1 aromatic heterocycles. The molecule has 1 heterocycles. The van der Waals surface area contributed by atoms with Gasteiger partial charge in [0.05, 0.1) is 6.61 Å². The minimum atomic E-state index is 0.426. The molecule has 20 heavy (non-hydrogen) atoms. The van der Waals surface area contributed by atoms with E-state index in [1.54, 1.807) is 14.2 Å². The van der Waals surface area contributed by atoms with Gasteiger partial charge in [-0.05, 0) is 19.8 Å². The molecule has 0 amide bonds. The third kappa shape index (κ3) is 4.05. The highest BCUT2D eigenvalue weighted by molar-refractivity contribution is 5.51. The molecule has 1 N–H and O–H groups in total. The Morgan fingerprint density at radius 3 is 2.70 bits per heavy atom. The molecular weight excluding hydrogens is 256 g/mol. The molecule has 1 aliphatic carbocycles. The van der Waals surface area contributed by atoms with Crippen molar-refractivity contribution in [1.29, 1.82) is 0 Å². The molecule has 1 aromatic rings. The van der Waals surface area contributed by atoms with E-state index in [-0.39, 0.29) is 0 Å². The number of rotatable bonds is 9. The average molecular weight is 280 g/mol. The Morgan fingerprint density at radius 1 is 1.30 bits per heavy atom. The molecule has 0 bridgehead atoms. The first-order chi connectivity index (χ1) is 9.78. The van der Waals surface area contributed by atoms with E-state index in [0.717, 1.165) is 24.7 Å². The number of nitrogens with one attached hydrogen (secondary N) is 1. The fourth-order valence-corrected chi connectivity index (χ4v) is 2.16. The monoisotopic (exact) mass is 280 g/mol. The van der Waals surface area contributed by atoms with Crippen molar-refractivity contribution in [2.24, 2.45) is 0 Å². The molecule has 2 rings (SSSR count). The van der Waals surface area contributed by atoms with Gasteiger partial charge in [0.25, 0.3) is 0 Å². The van der Waals surface area contributed by atoms with Crippen LogP contribution in [0.3, 0.4) is 0 Å².